The van der Waals surface area contributed by atoms with Gasteiger partial charge in [-0.25, -0.2) is 0 Å². The number of carbonyl (C=O) groups is 2. The second-order valence-corrected chi connectivity index (χ2v) is 6.25. The molecule has 0 bridgehead atoms. The summed E-state index contributed by atoms with van der Waals surface area (Å²) < 4.78 is 1.90. The monoisotopic (exact) mass is 378 g/mol. The quantitative estimate of drug-likeness (QED) is 0.708. The van der Waals surface area contributed by atoms with Crippen LogP contribution in [0.4, 0.5) is 0 Å². The van der Waals surface area contributed by atoms with Crippen LogP contribution >= 0.6 is 0 Å². The summed E-state index contributed by atoms with van der Waals surface area (Å²) in [5.41, 5.74) is 2.38. The molecule has 0 unspecified atom stereocenters. The molecule has 0 fully saturated rings. The lowest BCUT2D eigenvalue weighted by Crippen LogP contribution is -2.27. The number of carbonyl (C=O) groups excluding carboxylic acids is 2. The Morgan fingerprint density at radius 2 is 1.93 bits per heavy atom. The van der Waals surface area contributed by atoms with Crippen molar-refractivity contribution in [2.24, 2.45) is 0 Å². The maximum absolute atomic E-state index is 12.7. The van der Waals surface area contributed by atoms with Crippen molar-refractivity contribution >= 4 is 11.8 Å². The molecule has 3 aromatic rings. The van der Waals surface area contributed by atoms with Crippen LogP contribution in [0.25, 0.3) is 11.3 Å². The second-order valence-electron chi connectivity index (χ2n) is 6.25. The summed E-state index contributed by atoms with van der Waals surface area (Å²) in [6.07, 6.45) is 3.29. The minimum atomic E-state index is -0.206. The van der Waals surface area contributed by atoms with Gasteiger partial charge >= 0.3 is 0 Å². The Labute approximate surface area is 163 Å². The van der Waals surface area contributed by atoms with Crippen LogP contribution in [0.2, 0.25) is 0 Å². The van der Waals surface area contributed by atoms with Gasteiger partial charge in [0.05, 0.1) is 17.8 Å². The Hall–Kier alpha value is -3.55. The lowest BCUT2D eigenvalue weighted by molar-refractivity contribution is 0.0779. The molecular formula is C20H22N6O2. The van der Waals surface area contributed by atoms with Crippen molar-refractivity contribution in [2.45, 2.75) is 20.0 Å². The van der Waals surface area contributed by atoms with Crippen molar-refractivity contribution in [3.8, 4) is 11.3 Å². The molecule has 0 saturated carbocycles. The summed E-state index contributed by atoms with van der Waals surface area (Å²) >= 11 is 0. The fraction of sp³-hybridized carbons (Fsp3) is 0.250. The highest BCUT2D eigenvalue weighted by molar-refractivity contribution is 6.00. The number of amides is 2. The van der Waals surface area contributed by atoms with Crippen molar-refractivity contribution in [2.75, 3.05) is 14.1 Å². The predicted octanol–water partition coefficient (Wildman–Crippen LogP) is 1.99. The van der Waals surface area contributed by atoms with Gasteiger partial charge in [0.25, 0.3) is 11.8 Å². The van der Waals surface area contributed by atoms with Gasteiger partial charge < -0.3 is 14.8 Å². The third-order valence-electron chi connectivity index (χ3n) is 4.45. The molecule has 2 heterocycles. The van der Waals surface area contributed by atoms with Crippen molar-refractivity contribution in [3.05, 3.63) is 65.9 Å². The van der Waals surface area contributed by atoms with Crippen LogP contribution in [-0.2, 0) is 13.1 Å². The molecule has 0 atom stereocenters. The van der Waals surface area contributed by atoms with Gasteiger partial charge in [-0.15, -0.1) is 10.2 Å². The first kappa shape index (κ1) is 19.2. The lowest BCUT2D eigenvalue weighted by Gasteiger charge is -2.17. The molecule has 2 aromatic heterocycles. The summed E-state index contributed by atoms with van der Waals surface area (Å²) in [6, 6.07) is 10.5. The molecule has 0 aliphatic rings. The van der Waals surface area contributed by atoms with Gasteiger partial charge in [-0.2, -0.15) is 0 Å². The molecule has 144 valence electrons. The van der Waals surface area contributed by atoms with E-state index >= 15 is 0 Å². The number of nitrogens with one attached hydrogen (secondary N) is 1. The van der Waals surface area contributed by atoms with E-state index in [9.17, 15) is 9.59 Å². The van der Waals surface area contributed by atoms with Crippen LogP contribution in [0, 0.1) is 0 Å². The standard InChI is InChI=1S/C20H22N6O2/c1-4-26-13-23-24-17(26)12-25(3)20(28)15-9-7-14(8-10-15)18-16(19(27)21-2)6-5-11-22-18/h5-11,13H,4,12H2,1-3H3,(H,21,27). The molecule has 8 nitrogen and oxygen atoms in total. The van der Waals surface area contributed by atoms with Crippen molar-refractivity contribution in [1.29, 1.82) is 0 Å². The second kappa shape index (κ2) is 8.43. The highest BCUT2D eigenvalue weighted by Gasteiger charge is 2.16. The molecule has 2 amide bonds. The van der Waals surface area contributed by atoms with Gasteiger partial charge in [0.1, 0.15) is 6.33 Å². The van der Waals surface area contributed by atoms with E-state index in [-0.39, 0.29) is 11.8 Å². The SMILES string of the molecule is CCn1cnnc1CN(C)C(=O)c1ccc(-c2ncccc2C(=O)NC)cc1. The number of hydrogen-bond donors (Lipinski definition) is 1. The fourth-order valence-electron chi connectivity index (χ4n) is 2.89. The molecule has 3 rings (SSSR count). The minimum absolute atomic E-state index is 0.121. The normalized spacial score (nSPS) is 10.5. The summed E-state index contributed by atoms with van der Waals surface area (Å²) in [4.78, 5) is 30.7. The number of pyridine rings is 1. The van der Waals surface area contributed by atoms with Gasteiger partial charge in [0.15, 0.2) is 5.82 Å². The summed E-state index contributed by atoms with van der Waals surface area (Å²) in [6.45, 7) is 3.12. The fourth-order valence-corrected chi connectivity index (χ4v) is 2.89. The number of aryl methyl sites for hydroxylation is 1. The summed E-state index contributed by atoms with van der Waals surface area (Å²) in [5.74, 6) is 0.409. The zero-order valence-corrected chi connectivity index (χ0v) is 16.1. The van der Waals surface area contributed by atoms with Gasteiger partial charge in [0.2, 0.25) is 0 Å². The Morgan fingerprint density at radius 1 is 1.18 bits per heavy atom. The minimum Gasteiger partial charge on any atom is -0.355 e. The first-order valence-corrected chi connectivity index (χ1v) is 8.94. The van der Waals surface area contributed by atoms with Gasteiger partial charge in [0, 0.05) is 38.0 Å². The largest absolute Gasteiger partial charge is 0.355 e. The van der Waals surface area contributed by atoms with E-state index in [2.05, 4.69) is 20.5 Å². The molecule has 0 radical (unpaired) electrons. The van der Waals surface area contributed by atoms with Crippen molar-refractivity contribution in [1.82, 2.24) is 30.0 Å². The number of rotatable bonds is 6. The molecule has 1 N–H and O–H groups in total. The highest BCUT2D eigenvalue weighted by Crippen LogP contribution is 2.22. The Kier molecular flexibility index (Phi) is 5.78. The third-order valence-corrected chi connectivity index (χ3v) is 4.45. The Balaban J connectivity index is 1.79. The number of aromatic nitrogens is 4. The zero-order chi connectivity index (χ0) is 20.1. The first-order valence-electron chi connectivity index (χ1n) is 8.94. The van der Waals surface area contributed by atoms with Crippen LogP contribution in [-0.4, -0.2) is 50.6 Å². The smallest absolute Gasteiger partial charge is 0.254 e. The molecule has 0 spiro atoms. The zero-order valence-electron chi connectivity index (χ0n) is 16.1. The van der Waals surface area contributed by atoms with E-state index in [0.717, 1.165) is 17.9 Å². The number of hydrogen-bond acceptors (Lipinski definition) is 5. The van der Waals surface area contributed by atoms with Crippen LogP contribution in [0.15, 0.2) is 48.9 Å². The van der Waals surface area contributed by atoms with E-state index in [1.54, 1.807) is 67.9 Å². The maximum atomic E-state index is 12.7. The number of benzene rings is 1. The molecule has 8 heteroatoms. The molecule has 0 aliphatic heterocycles. The molecular weight excluding hydrogens is 356 g/mol. The summed E-state index contributed by atoms with van der Waals surface area (Å²) in [5, 5.41) is 10.6. The average molecular weight is 378 g/mol. The maximum Gasteiger partial charge on any atom is 0.254 e. The van der Waals surface area contributed by atoms with E-state index in [4.69, 9.17) is 0 Å². The molecule has 0 aliphatic carbocycles. The summed E-state index contributed by atoms with van der Waals surface area (Å²) in [7, 11) is 3.31. The van der Waals surface area contributed by atoms with E-state index in [0.29, 0.717) is 23.4 Å². The van der Waals surface area contributed by atoms with E-state index in [1.165, 1.54) is 0 Å². The van der Waals surface area contributed by atoms with Crippen molar-refractivity contribution in [3.63, 3.8) is 0 Å². The first-order chi connectivity index (χ1) is 13.5. The van der Waals surface area contributed by atoms with E-state index in [1.807, 2.05) is 11.5 Å². The third kappa shape index (κ3) is 3.90. The molecule has 28 heavy (non-hydrogen) atoms. The Morgan fingerprint density at radius 3 is 2.61 bits per heavy atom. The molecule has 0 saturated heterocycles. The van der Waals surface area contributed by atoms with Crippen molar-refractivity contribution < 1.29 is 9.59 Å². The predicted molar refractivity (Wildman–Crippen MR) is 105 cm³/mol. The van der Waals surface area contributed by atoms with E-state index < -0.39 is 0 Å². The average Bonchev–Trinajstić information content (AvgIpc) is 3.19. The van der Waals surface area contributed by atoms with Gasteiger partial charge in [-0.05, 0) is 31.2 Å². The topological polar surface area (TPSA) is 93.0 Å². The van der Waals surface area contributed by atoms with Gasteiger partial charge in [-0.3, -0.25) is 14.6 Å². The highest BCUT2D eigenvalue weighted by atomic mass is 16.2. The van der Waals surface area contributed by atoms with Crippen LogP contribution in [0.3, 0.4) is 0 Å². The molecule has 1 aromatic carbocycles. The lowest BCUT2D eigenvalue weighted by atomic mass is 10.0. The van der Waals surface area contributed by atoms with Crippen LogP contribution in [0.1, 0.15) is 33.5 Å². The van der Waals surface area contributed by atoms with Crippen LogP contribution in [0.5, 0.6) is 0 Å². The van der Waals surface area contributed by atoms with Gasteiger partial charge in [-0.1, -0.05) is 12.1 Å². The Bertz CT molecular complexity index is 980. The van der Waals surface area contributed by atoms with Crippen LogP contribution < -0.4 is 5.32 Å². The number of nitrogens with zero attached hydrogens (tertiary/aromatic N) is 5.